The number of urea groups is 1. The molecular weight excluding hydrogens is 256 g/mol. The Kier molecular flexibility index (Phi) is 2.92. The van der Waals surface area contributed by atoms with Crippen LogP contribution in [0.5, 0.6) is 0 Å². The van der Waals surface area contributed by atoms with Gasteiger partial charge in [0.25, 0.3) is 0 Å². The molecule has 2 aliphatic rings. The first-order valence-electron chi connectivity index (χ1n) is 6.90. The molecule has 2 amide bonds. The molecule has 0 spiro atoms. The predicted octanol–water partition coefficient (Wildman–Crippen LogP) is 2.26. The van der Waals surface area contributed by atoms with Gasteiger partial charge in [-0.2, -0.15) is 0 Å². The van der Waals surface area contributed by atoms with Gasteiger partial charge in [-0.15, -0.1) is 0 Å². The molecule has 0 radical (unpaired) electrons. The van der Waals surface area contributed by atoms with Crippen LogP contribution in [0.3, 0.4) is 0 Å². The van der Waals surface area contributed by atoms with Crippen LogP contribution in [0.25, 0.3) is 0 Å². The molecule has 5 nitrogen and oxygen atoms in total. The molecule has 0 bridgehead atoms. The Labute approximate surface area is 117 Å². The minimum atomic E-state index is -0.967. The van der Waals surface area contributed by atoms with Crippen LogP contribution in [0.15, 0.2) is 18.2 Å². The third-order valence-corrected chi connectivity index (χ3v) is 4.24. The van der Waals surface area contributed by atoms with Crippen LogP contribution in [0.2, 0.25) is 0 Å². The quantitative estimate of drug-likeness (QED) is 0.888. The second kappa shape index (κ2) is 4.51. The van der Waals surface area contributed by atoms with Gasteiger partial charge in [-0.25, -0.2) is 9.59 Å². The topological polar surface area (TPSA) is 69.6 Å². The largest absolute Gasteiger partial charge is 0.478 e. The van der Waals surface area contributed by atoms with Crippen molar-refractivity contribution >= 4 is 17.7 Å². The molecule has 2 N–H and O–H groups in total. The fourth-order valence-electron chi connectivity index (χ4n) is 2.50. The first-order chi connectivity index (χ1) is 9.48. The number of nitrogens with zero attached hydrogens (tertiary/aromatic N) is 1. The minimum Gasteiger partial charge on any atom is -0.478 e. The number of benzene rings is 1. The number of carboxylic acid groups (broad SMARTS) is 1. The molecule has 20 heavy (non-hydrogen) atoms. The Morgan fingerprint density at radius 2 is 2.15 bits per heavy atom. The van der Waals surface area contributed by atoms with E-state index in [1.807, 2.05) is 0 Å². The summed E-state index contributed by atoms with van der Waals surface area (Å²) in [7, 11) is 0. The number of nitrogens with one attached hydrogen (secondary N) is 1. The van der Waals surface area contributed by atoms with Gasteiger partial charge in [0.15, 0.2) is 0 Å². The number of carbonyl (C=O) groups is 2. The number of hydrogen-bond acceptors (Lipinski definition) is 2. The lowest BCUT2D eigenvalue weighted by Gasteiger charge is -2.20. The van der Waals surface area contributed by atoms with Gasteiger partial charge in [-0.05, 0) is 42.4 Å². The van der Waals surface area contributed by atoms with Crippen molar-refractivity contribution in [2.24, 2.45) is 5.41 Å². The normalized spacial score (nSPS) is 18.6. The Balaban J connectivity index is 1.75. The van der Waals surface area contributed by atoms with Crippen LogP contribution in [0.1, 0.15) is 35.7 Å². The number of hydrogen-bond donors (Lipinski definition) is 2. The number of amides is 2. The van der Waals surface area contributed by atoms with Gasteiger partial charge >= 0.3 is 12.0 Å². The second-order valence-corrected chi connectivity index (χ2v) is 6.02. The fourth-order valence-corrected chi connectivity index (χ4v) is 2.50. The van der Waals surface area contributed by atoms with Crippen molar-refractivity contribution in [2.75, 3.05) is 18.0 Å². The fraction of sp³-hybridized carbons (Fsp3) is 0.467. The summed E-state index contributed by atoms with van der Waals surface area (Å²) in [5.41, 5.74) is 2.24. The minimum absolute atomic E-state index is 0.126. The molecule has 3 rings (SSSR count). The number of anilines is 1. The summed E-state index contributed by atoms with van der Waals surface area (Å²) >= 11 is 0. The van der Waals surface area contributed by atoms with Gasteiger partial charge < -0.3 is 10.4 Å². The summed E-state index contributed by atoms with van der Waals surface area (Å²) in [5, 5.41) is 12.0. The first kappa shape index (κ1) is 13.0. The van der Waals surface area contributed by atoms with Gasteiger partial charge in [0, 0.05) is 18.8 Å². The molecule has 106 valence electrons. The Morgan fingerprint density at radius 1 is 1.40 bits per heavy atom. The molecule has 0 atom stereocenters. The monoisotopic (exact) mass is 274 g/mol. The smallest absolute Gasteiger partial charge is 0.335 e. The zero-order chi connectivity index (χ0) is 14.3. The molecule has 1 fully saturated rings. The van der Waals surface area contributed by atoms with Crippen molar-refractivity contribution in [1.29, 1.82) is 0 Å². The molecular formula is C15H18N2O3. The van der Waals surface area contributed by atoms with Gasteiger partial charge in [0.1, 0.15) is 0 Å². The molecule has 5 heteroatoms. The van der Waals surface area contributed by atoms with Gasteiger partial charge in [0.2, 0.25) is 0 Å². The Morgan fingerprint density at radius 3 is 2.80 bits per heavy atom. The van der Waals surface area contributed by atoms with Crippen LogP contribution < -0.4 is 10.2 Å². The number of carboxylic acids is 1. The van der Waals surface area contributed by atoms with Crippen molar-refractivity contribution in [1.82, 2.24) is 5.32 Å². The van der Waals surface area contributed by atoms with Gasteiger partial charge in [0.05, 0.1) is 5.56 Å². The summed E-state index contributed by atoms with van der Waals surface area (Å²) in [6, 6.07) is 4.85. The highest BCUT2D eigenvalue weighted by Gasteiger charge is 2.38. The molecule has 1 aliphatic heterocycles. The van der Waals surface area contributed by atoms with Crippen LogP contribution in [0.4, 0.5) is 10.5 Å². The predicted molar refractivity (Wildman–Crippen MR) is 75.2 cm³/mol. The van der Waals surface area contributed by atoms with Gasteiger partial charge in [-0.3, -0.25) is 4.90 Å². The highest BCUT2D eigenvalue weighted by Crippen LogP contribution is 2.44. The van der Waals surface area contributed by atoms with E-state index in [0.717, 1.165) is 30.5 Å². The van der Waals surface area contributed by atoms with Crippen molar-refractivity contribution in [3.05, 3.63) is 29.3 Å². The van der Waals surface area contributed by atoms with Crippen molar-refractivity contribution in [2.45, 2.75) is 26.2 Å². The lowest BCUT2D eigenvalue weighted by molar-refractivity contribution is 0.0697. The molecule has 1 aromatic carbocycles. The van der Waals surface area contributed by atoms with Crippen molar-refractivity contribution in [3.8, 4) is 0 Å². The zero-order valence-corrected chi connectivity index (χ0v) is 11.5. The maximum atomic E-state index is 12.2. The average Bonchev–Trinajstić information content (AvgIpc) is 3.01. The first-order valence-corrected chi connectivity index (χ1v) is 6.90. The van der Waals surface area contributed by atoms with Gasteiger partial charge in [-0.1, -0.05) is 13.0 Å². The standard InChI is InChI=1S/C15H18N2O3/c1-15(5-6-15)9-16-14(20)17-7-4-10-2-3-11(13(18)19)8-12(10)17/h2-3,8H,4-7,9H2,1H3,(H,16,20)(H,18,19). The summed E-state index contributed by atoms with van der Waals surface area (Å²) < 4.78 is 0. The van der Waals surface area contributed by atoms with Crippen molar-refractivity contribution < 1.29 is 14.7 Å². The molecule has 0 aromatic heterocycles. The zero-order valence-electron chi connectivity index (χ0n) is 11.5. The van der Waals surface area contributed by atoms with Crippen molar-refractivity contribution in [3.63, 3.8) is 0 Å². The number of carbonyl (C=O) groups excluding carboxylic acids is 1. The summed E-state index contributed by atoms with van der Waals surface area (Å²) in [6.07, 6.45) is 3.10. The van der Waals surface area contributed by atoms with Crippen LogP contribution >= 0.6 is 0 Å². The Hall–Kier alpha value is -2.04. The SMILES string of the molecule is CC1(CNC(=O)N2CCc3ccc(C(=O)O)cc32)CC1. The van der Waals surface area contributed by atoms with Crippen LogP contribution in [0, 0.1) is 5.41 Å². The van der Waals surface area contributed by atoms with E-state index in [4.69, 9.17) is 5.11 Å². The maximum Gasteiger partial charge on any atom is 0.335 e. The van der Waals surface area contributed by atoms with E-state index in [2.05, 4.69) is 12.2 Å². The summed E-state index contributed by atoms with van der Waals surface area (Å²) in [6.45, 7) is 3.46. The summed E-state index contributed by atoms with van der Waals surface area (Å²) in [5.74, 6) is -0.967. The van der Waals surface area contributed by atoms with E-state index in [9.17, 15) is 9.59 Å². The van der Waals surface area contributed by atoms with E-state index >= 15 is 0 Å². The highest BCUT2D eigenvalue weighted by atomic mass is 16.4. The number of fused-ring (bicyclic) bond motifs is 1. The summed E-state index contributed by atoms with van der Waals surface area (Å²) in [4.78, 5) is 24.9. The second-order valence-electron chi connectivity index (χ2n) is 6.02. The Bertz CT molecular complexity index is 578. The molecule has 1 aromatic rings. The van der Waals surface area contributed by atoms with E-state index in [1.54, 1.807) is 23.1 Å². The van der Waals surface area contributed by atoms with Crippen LogP contribution in [-0.2, 0) is 6.42 Å². The molecule has 1 saturated carbocycles. The van der Waals surface area contributed by atoms with Crippen LogP contribution in [-0.4, -0.2) is 30.2 Å². The third-order valence-electron chi connectivity index (χ3n) is 4.24. The lowest BCUT2D eigenvalue weighted by atomic mass is 10.1. The molecule has 1 heterocycles. The molecule has 0 unspecified atom stereocenters. The van der Waals surface area contributed by atoms with E-state index in [0.29, 0.717) is 13.1 Å². The van der Waals surface area contributed by atoms with E-state index < -0.39 is 5.97 Å². The number of aromatic carboxylic acids is 1. The number of rotatable bonds is 3. The maximum absolute atomic E-state index is 12.2. The highest BCUT2D eigenvalue weighted by molar-refractivity contribution is 5.97. The van der Waals surface area contributed by atoms with E-state index in [-0.39, 0.29) is 17.0 Å². The van der Waals surface area contributed by atoms with E-state index in [1.165, 1.54) is 0 Å². The average molecular weight is 274 g/mol. The molecule has 1 aliphatic carbocycles. The lowest BCUT2D eigenvalue weighted by Crippen LogP contribution is -2.41. The molecule has 0 saturated heterocycles. The third kappa shape index (κ3) is 2.35.